The summed E-state index contributed by atoms with van der Waals surface area (Å²) in [6, 6.07) is 7.50. The maximum Gasteiger partial charge on any atom is 0.0977 e. The summed E-state index contributed by atoms with van der Waals surface area (Å²) in [5.41, 5.74) is -0.0798. The summed E-state index contributed by atoms with van der Waals surface area (Å²) in [6.45, 7) is 1.72. The zero-order valence-electron chi connectivity index (χ0n) is 7.42. The third kappa shape index (κ3) is 2.58. The third-order valence-electron chi connectivity index (χ3n) is 1.91. The van der Waals surface area contributed by atoms with Crippen molar-refractivity contribution in [2.45, 2.75) is 18.9 Å². The molecule has 0 saturated heterocycles. The molecule has 1 aromatic carbocycles. The Morgan fingerprint density at radius 3 is 2.46 bits per heavy atom. The van der Waals surface area contributed by atoms with Gasteiger partial charge in [-0.15, -0.1) is 12.3 Å². The zero-order chi connectivity index (χ0) is 9.90. The van der Waals surface area contributed by atoms with E-state index in [0.717, 1.165) is 10.0 Å². The molecule has 0 aliphatic rings. The normalized spacial score (nSPS) is 14.6. The standard InChI is InChI=1S/C11H11BrO/c1-3-8-11(2,13)9-4-6-10(12)7-5-9/h1,4-7,13H,8H2,2H3/t11-/m1/s1. The van der Waals surface area contributed by atoms with Crippen molar-refractivity contribution in [3.8, 4) is 12.3 Å². The molecule has 13 heavy (non-hydrogen) atoms. The molecule has 0 amide bonds. The monoisotopic (exact) mass is 238 g/mol. The second-order valence-electron chi connectivity index (χ2n) is 3.16. The first kappa shape index (κ1) is 10.3. The smallest absolute Gasteiger partial charge is 0.0977 e. The van der Waals surface area contributed by atoms with Gasteiger partial charge < -0.3 is 5.11 Å². The third-order valence-corrected chi connectivity index (χ3v) is 2.44. The van der Waals surface area contributed by atoms with Crippen LogP contribution in [-0.2, 0) is 5.60 Å². The molecule has 0 aliphatic heterocycles. The average molecular weight is 239 g/mol. The molecule has 1 aromatic rings. The number of terminal acetylenes is 1. The van der Waals surface area contributed by atoms with E-state index in [1.807, 2.05) is 24.3 Å². The number of benzene rings is 1. The Labute approximate surface area is 86.9 Å². The molecule has 0 heterocycles. The van der Waals surface area contributed by atoms with Crippen LogP contribution in [0, 0.1) is 12.3 Å². The molecule has 2 heteroatoms. The van der Waals surface area contributed by atoms with Crippen LogP contribution in [0.4, 0.5) is 0 Å². The highest BCUT2D eigenvalue weighted by molar-refractivity contribution is 9.10. The van der Waals surface area contributed by atoms with Crippen molar-refractivity contribution in [2.75, 3.05) is 0 Å². The summed E-state index contributed by atoms with van der Waals surface area (Å²) in [5, 5.41) is 9.92. The Kier molecular flexibility index (Phi) is 3.13. The Morgan fingerprint density at radius 1 is 1.46 bits per heavy atom. The van der Waals surface area contributed by atoms with E-state index >= 15 is 0 Å². The van der Waals surface area contributed by atoms with Crippen LogP contribution in [0.25, 0.3) is 0 Å². The van der Waals surface area contributed by atoms with Crippen LogP contribution in [0.3, 0.4) is 0 Å². The summed E-state index contributed by atoms with van der Waals surface area (Å²) in [7, 11) is 0. The summed E-state index contributed by atoms with van der Waals surface area (Å²) in [4.78, 5) is 0. The topological polar surface area (TPSA) is 20.2 Å². The Balaban J connectivity index is 2.95. The molecule has 1 N–H and O–H groups in total. The highest BCUT2D eigenvalue weighted by atomic mass is 79.9. The van der Waals surface area contributed by atoms with Crippen LogP contribution in [-0.4, -0.2) is 5.11 Å². The molecule has 1 nitrogen and oxygen atoms in total. The Morgan fingerprint density at radius 2 is 2.00 bits per heavy atom. The quantitative estimate of drug-likeness (QED) is 0.786. The maximum atomic E-state index is 9.92. The largest absolute Gasteiger partial charge is 0.384 e. The van der Waals surface area contributed by atoms with Crippen molar-refractivity contribution in [1.29, 1.82) is 0 Å². The number of aliphatic hydroxyl groups is 1. The molecule has 0 saturated carbocycles. The van der Waals surface area contributed by atoms with E-state index in [-0.39, 0.29) is 0 Å². The van der Waals surface area contributed by atoms with Crippen LogP contribution in [0.1, 0.15) is 18.9 Å². The highest BCUT2D eigenvalue weighted by Gasteiger charge is 2.21. The summed E-state index contributed by atoms with van der Waals surface area (Å²) in [6.07, 6.45) is 5.49. The molecule has 68 valence electrons. The molecule has 1 atom stereocenters. The van der Waals surface area contributed by atoms with Crippen molar-refractivity contribution in [3.05, 3.63) is 34.3 Å². The lowest BCUT2D eigenvalue weighted by Gasteiger charge is -2.20. The first-order chi connectivity index (χ1) is 6.06. The Hall–Kier alpha value is -0.780. The maximum absolute atomic E-state index is 9.92. The fraction of sp³-hybridized carbons (Fsp3) is 0.273. The fourth-order valence-corrected chi connectivity index (χ4v) is 1.37. The van der Waals surface area contributed by atoms with E-state index in [4.69, 9.17) is 6.42 Å². The number of rotatable bonds is 2. The minimum Gasteiger partial charge on any atom is -0.384 e. The SMILES string of the molecule is C#CC[C@@](C)(O)c1ccc(Br)cc1. The van der Waals surface area contributed by atoms with Crippen molar-refractivity contribution >= 4 is 15.9 Å². The van der Waals surface area contributed by atoms with E-state index in [2.05, 4.69) is 21.9 Å². The molecule has 0 bridgehead atoms. The van der Waals surface area contributed by atoms with E-state index in [9.17, 15) is 5.11 Å². The molecule has 0 aliphatic carbocycles. The van der Waals surface area contributed by atoms with E-state index in [1.165, 1.54) is 0 Å². The highest BCUT2D eigenvalue weighted by Crippen LogP contribution is 2.25. The van der Waals surface area contributed by atoms with Gasteiger partial charge in [0, 0.05) is 10.9 Å². The molecule has 1 rings (SSSR count). The molecule has 0 unspecified atom stereocenters. The van der Waals surface area contributed by atoms with E-state index in [1.54, 1.807) is 6.92 Å². The summed E-state index contributed by atoms with van der Waals surface area (Å²) < 4.78 is 0.993. The summed E-state index contributed by atoms with van der Waals surface area (Å²) in [5.74, 6) is 2.46. The van der Waals surface area contributed by atoms with Crippen molar-refractivity contribution in [1.82, 2.24) is 0 Å². The van der Waals surface area contributed by atoms with Crippen molar-refractivity contribution < 1.29 is 5.11 Å². The molecule has 0 fully saturated rings. The molecular formula is C11H11BrO. The molecular weight excluding hydrogens is 228 g/mol. The van der Waals surface area contributed by atoms with Gasteiger partial charge in [0.15, 0.2) is 0 Å². The summed E-state index contributed by atoms with van der Waals surface area (Å²) >= 11 is 3.33. The number of hydrogen-bond donors (Lipinski definition) is 1. The number of hydrogen-bond acceptors (Lipinski definition) is 1. The van der Waals surface area contributed by atoms with Crippen LogP contribution in [0.5, 0.6) is 0 Å². The average Bonchev–Trinajstić information content (AvgIpc) is 2.05. The second kappa shape index (κ2) is 3.95. The van der Waals surface area contributed by atoms with E-state index < -0.39 is 5.60 Å². The van der Waals surface area contributed by atoms with Gasteiger partial charge in [0.25, 0.3) is 0 Å². The Bertz CT molecular complexity index is 319. The van der Waals surface area contributed by atoms with Gasteiger partial charge in [-0.3, -0.25) is 0 Å². The predicted molar refractivity (Wildman–Crippen MR) is 57.2 cm³/mol. The van der Waals surface area contributed by atoms with Gasteiger partial charge in [-0.25, -0.2) is 0 Å². The zero-order valence-corrected chi connectivity index (χ0v) is 9.01. The van der Waals surface area contributed by atoms with Crippen LogP contribution in [0.15, 0.2) is 28.7 Å². The second-order valence-corrected chi connectivity index (χ2v) is 4.08. The van der Waals surface area contributed by atoms with Gasteiger partial charge in [-0.05, 0) is 24.6 Å². The van der Waals surface area contributed by atoms with Gasteiger partial charge in [0.2, 0.25) is 0 Å². The lowest BCUT2D eigenvalue weighted by molar-refractivity contribution is 0.0629. The number of halogens is 1. The first-order valence-electron chi connectivity index (χ1n) is 3.98. The van der Waals surface area contributed by atoms with Crippen molar-refractivity contribution in [2.24, 2.45) is 0 Å². The molecule has 0 spiro atoms. The van der Waals surface area contributed by atoms with Gasteiger partial charge in [0.1, 0.15) is 0 Å². The van der Waals surface area contributed by atoms with Gasteiger partial charge in [-0.1, -0.05) is 28.1 Å². The van der Waals surface area contributed by atoms with Crippen LogP contribution in [0.2, 0.25) is 0 Å². The van der Waals surface area contributed by atoms with Crippen LogP contribution >= 0.6 is 15.9 Å². The van der Waals surface area contributed by atoms with Gasteiger partial charge in [0.05, 0.1) is 5.60 Å². The van der Waals surface area contributed by atoms with Crippen molar-refractivity contribution in [3.63, 3.8) is 0 Å². The molecule has 0 aromatic heterocycles. The minimum absolute atomic E-state index is 0.328. The first-order valence-corrected chi connectivity index (χ1v) is 4.77. The lowest BCUT2D eigenvalue weighted by atomic mass is 9.93. The van der Waals surface area contributed by atoms with Crippen LogP contribution < -0.4 is 0 Å². The van der Waals surface area contributed by atoms with E-state index in [0.29, 0.717) is 6.42 Å². The lowest BCUT2D eigenvalue weighted by Crippen LogP contribution is -2.19. The van der Waals surface area contributed by atoms with Gasteiger partial charge in [-0.2, -0.15) is 0 Å². The molecule has 0 radical (unpaired) electrons. The minimum atomic E-state index is -0.921. The fourth-order valence-electron chi connectivity index (χ4n) is 1.11. The van der Waals surface area contributed by atoms with Gasteiger partial charge >= 0.3 is 0 Å². The predicted octanol–water partition coefficient (Wildman–Crippen LogP) is 2.68.